The van der Waals surface area contributed by atoms with Crippen molar-refractivity contribution in [2.75, 3.05) is 5.32 Å². The third-order valence-electron chi connectivity index (χ3n) is 4.17. The average molecular weight is 261 g/mol. The first-order valence-corrected chi connectivity index (χ1v) is 7.04. The molecule has 3 heteroatoms. The number of benzene rings is 1. The van der Waals surface area contributed by atoms with Crippen LogP contribution in [0.15, 0.2) is 12.1 Å². The number of amides is 1. The fraction of sp³-hybridized carbons (Fsp3) is 0.562. The van der Waals surface area contributed by atoms with Gasteiger partial charge < -0.3 is 10.4 Å². The van der Waals surface area contributed by atoms with Crippen LogP contribution in [0.2, 0.25) is 0 Å². The molecule has 1 aromatic carbocycles. The lowest BCUT2D eigenvalue weighted by Crippen LogP contribution is -2.29. The van der Waals surface area contributed by atoms with Crippen molar-refractivity contribution in [3.05, 3.63) is 28.8 Å². The zero-order chi connectivity index (χ0) is 14.0. The van der Waals surface area contributed by atoms with Gasteiger partial charge >= 0.3 is 0 Å². The zero-order valence-electron chi connectivity index (χ0n) is 12.0. The molecule has 0 radical (unpaired) electrons. The van der Waals surface area contributed by atoms with Crippen LogP contribution >= 0.6 is 0 Å². The van der Waals surface area contributed by atoms with E-state index in [0.717, 1.165) is 36.9 Å². The van der Waals surface area contributed by atoms with Gasteiger partial charge in [-0.2, -0.15) is 0 Å². The van der Waals surface area contributed by atoms with Gasteiger partial charge in [0.2, 0.25) is 5.91 Å². The Morgan fingerprint density at radius 2 is 1.63 bits per heavy atom. The second-order valence-corrected chi connectivity index (χ2v) is 5.75. The van der Waals surface area contributed by atoms with Crippen LogP contribution in [-0.2, 0) is 4.79 Å². The second kappa shape index (κ2) is 5.74. The number of carbonyl (C=O) groups is 1. The fourth-order valence-electron chi connectivity index (χ4n) is 2.67. The van der Waals surface area contributed by atoms with E-state index < -0.39 is 0 Å². The first kappa shape index (κ1) is 14.1. The molecule has 0 unspecified atom stereocenters. The minimum absolute atomic E-state index is 0.0457. The van der Waals surface area contributed by atoms with E-state index >= 15 is 0 Å². The van der Waals surface area contributed by atoms with E-state index in [1.807, 2.05) is 13.0 Å². The van der Waals surface area contributed by atoms with Gasteiger partial charge in [0.25, 0.3) is 0 Å². The Morgan fingerprint density at radius 3 is 2.26 bits per heavy atom. The maximum Gasteiger partial charge on any atom is 0.227 e. The molecule has 0 atom stereocenters. The highest BCUT2D eigenvalue weighted by Gasteiger charge is 2.25. The normalized spacial score (nSPS) is 23.2. The number of aliphatic hydroxyl groups is 1. The van der Waals surface area contributed by atoms with Crippen LogP contribution in [0.3, 0.4) is 0 Å². The van der Waals surface area contributed by atoms with Gasteiger partial charge in [-0.05, 0) is 69.2 Å². The molecule has 0 spiro atoms. The first-order valence-electron chi connectivity index (χ1n) is 7.04. The molecular weight excluding hydrogens is 238 g/mol. The van der Waals surface area contributed by atoms with Crippen molar-refractivity contribution in [1.29, 1.82) is 0 Å². The van der Waals surface area contributed by atoms with E-state index in [2.05, 4.69) is 25.2 Å². The quantitative estimate of drug-likeness (QED) is 0.859. The summed E-state index contributed by atoms with van der Waals surface area (Å²) in [5, 5.41) is 12.5. The number of rotatable bonds is 2. The molecule has 0 saturated heterocycles. The van der Waals surface area contributed by atoms with Gasteiger partial charge in [0.1, 0.15) is 0 Å². The van der Waals surface area contributed by atoms with E-state index in [0.29, 0.717) is 0 Å². The zero-order valence-corrected chi connectivity index (χ0v) is 12.0. The summed E-state index contributed by atoms with van der Waals surface area (Å²) in [5.74, 6) is 0.141. The Bertz CT molecular complexity index is 474. The molecule has 1 amide bonds. The predicted molar refractivity (Wildman–Crippen MR) is 77.2 cm³/mol. The van der Waals surface area contributed by atoms with E-state index in [1.165, 1.54) is 11.1 Å². The van der Waals surface area contributed by atoms with Crippen LogP contribution in [0.4, 0.5) is 5.69 Å². The molecule has 1 saturated carbocycles. The van der Waals surface area contributed by atoms with Gasteiger partial charge in [-0.15, -0.1) is 0 Å². The topological polar surface area (TPSA) is 49.3 Å². The molecule has 0 aliphatic heterocycles. The highest BCUT2D eigenvalue weighted by molar-refractivity contribution is 5.93. The van der Waals surface area contributed by atoms with E-state index in [4.69, 9.17) is 0 Å². The second-order valence-electron chi connectivity index (χ2n) is 5.75. The Balaban J connectivity index is 2.05. The first-order chi connectivity index (χ1) is 8.97. The van der Waals surface area contributed by atoms with Gasteiger partial charge in [0.05, 0.1) is 6.10 Å². The molecule has 19 heavy (non-hydrogen) atoms. The maximum absolute atomic E-state index is 12.2. The monoisotopic (exact) mass is 261 g/mol. The van der Waals surface area contributed by atoms with Gasteiger partial charge in [-0.3, -0.25) is 4.79 Å². The standard InChI is InChI=1S/C16H23NO2/c1-10-8-12(3)15(9-11(10)2)17-16(19)13-4-6-14(18)7-5-13/h8-9,13-14,18H,4-7H2,1-3H3,(H,17,19). The molecule has 2 rings (SSSR count). The molecule has 0 heterocycles. The number of aliphatic hydroxyl groups excluding tert-OH is 1. The molecule has 0 bridgehead atoms. The van der Waals surface area contributed by atoms with E-state index in [-0.39, 0.29) is 17.9 Å². The van der Waals surface area contributed by atoms with Crippen LogP contribution < -0.4 is 5.32 Å². The summed E-state index contributed by atoms with van der Waals surface area (Å²) in [4.78, 5) is 12.2. The van der Waals surface area contributed by atoms with Gasteiger partial charge in [0.15, 0.2) is 0 Å². The van der Waals surface area contributed by atoms with Crippen LogP contribution in [-0.4, -0.2) is 17.1 Å². The Labute approximate surface area is 115 Å². The van der Waals surface area contributed by atoms with Gasteiger partial charge in [-0.1, -0.05) is 6.07 Å². The molecule has 0 aromatic heterocycles. The molecule has 1 aliphatic carbocycles. The number of hydrogen-bond donors (Lipinski definition) is 2. The average Bonchev–Trinajstić information content (AvgIpc) is 2.36. The minimum Gasteiger partial charge on any atom is -0.393 e. The summed E-state index contributed by atoms with van der Waals surface area (Å²) in [6.45, 7) is 6.16. The SMILES string of the molecule is Cc1cc(C)c(NC(=O)C2CCC(O)CC2)cc1C. The van der Waals surface area contributed by atoms with Crippen LogP contribution in [0, 0.1) is 26.7 Å². The molecular formula is C16H23NO2. The van der Waals surface area contributed by atoms with Crippen molar-refractivity contribution in [3.63, 3.8) is 0 Å². The van der Waals surface area contributed by atoms with Crippen LogP contribution in [0.1, 0.15) is 42.4 Å². The summed E-state index contributed by atoms with van der Waals surface area (Å²) < 4.78 is 0. The maximum atomic E-state index is 12.2. The largest absolute Gasteiger partial charge is 0.393 e. The third-order valence-corrected chi connectivity index (χ3v) is 4.17. The summed E-state index contributed by atoms with van der Waals surface area (Å²) >= 11 is 0. The van der Waals surface area contributed by atoms with Crippen LogP contribution in [0.25, 0.3) is 0 Å². The molecule has 1 fully saturated rings. The molecule has 1 aliphatic rings. The third kappa shape index (κ3) is 3.35. The Morgan fingerprint density at radius 1 is 1.05 bits per heavy atom. The van der Waals surface area contributed by atoms with Gasteiger partial charge in [0, 0.05) is 11.6 Å². The lowest BCUT2D eigenvalue weighted by atomic mass is 9.87. The smallest absolute Gasteiger partial charge is 0.227 e. The number of anilines is 1. The van der Waals surface area contributed by atoms with Crippen molar-refractivity contribution in [2.24, 2.45) is 5.92 Å². The van der Waals surface area contributed by atoms with Crippen molar-refractivity contribution in [2.45, 2.75) is 52.6 Å². The van der Waals surface area contributed by atoms with Crippen LogP contribution in [0.5, 0.6) is 0 Å². The highest BCUT2D eigenvalue weighted by atomic mass is 16.3. The molecule has 1 aromatic rings. The molecule has 3 nitrogen and oxygen atoms in total. The van der Waals surface area contributed by atoms with E-state index in [9.17, 15) is 9.90 Å². The number of aryl methyl sites for hydroxylation is 3. The van der Waals surface area contributed by atoms with Crippen molar-refractivity contribution in [1.82, 2.24) is 0 Å². The minimum atomic E-state index is -0.215. The molecule has 104 valence electrons. The lowest BCUT2D eigenvalue weighted by molar-refractivity contribution is -0.121. The molecule has 2 N–H and O–H groups in total. The van der Waals surface area contributed by atoms with Crippen molar-refractivity contribution in [3.8, 4) is 0 Å². The predicted octanol–water partition coefficient (Wildman–Crippen LogP) is 3.10. The lowest BCUT2D eigenvalue weighted by Gasteiger charge is -2.25. The summed E-state index contributed by atoms with van der Waals surface area (Å²) in [7, 11) is 0. The summed E-state index contributed by atoms with van der Waals surface area (Å²) in [6, 6.07) is 4.15. The van der Waals surface area contributed by atoms with Crippen molar-refractivity contribution >= 4 is 11.6 Å². The summed E-state index contributed by atoms with van der Waals surface area (Å²) in [5.41, 5.74) is 4.46. The number of hydrogen-bond acceptors (Lipinski definition) is 2. The Kier molecular flexibility index (Phi) is 4.25. The Hall–Kier alpha value is -1.35. The van der Waals surface area contributed by atoms with E-state index in [1.54, 1.807) is 0 Å². The summed E-state index contributed by atoms with van der Waals surface area (Å²) in [6.07, 6.45) is 2.84. The highest BCUT2D eigenvalue weighted by Crippen LogP contribution is 2.27. The van der Waals surface area contributed by atoms with Gasteiger partial charge in [-0.25, -0.2) is 0 Å². The fourth-order valence-corrected chi connectivity index (χ4v) is 2.67. The van der Waals surface area contributed by atoms with Crippen molar-refractivity contribution < 1.29 is 9.90 Å². The number of nitrogens with one attached hydrogen (secondary N) is 1. The number of carbonyl (C=O) groups excluding carboxylic acids is 1.